The van der Waals surface area contributed by atoms with Gasteiger partial charge in [0.25, 0.3) is 0 Å². The lowest BCUT2D eigenvalue weighted by atomic mass is 9.81. The summed E-state index contributed by atoms with van der Waals surface area (Å²) in [5.74, 6) is -2.77. The molecule has 2 aromatic carbocycles. The standard InChI is InChI=1S/C20H19ClF2N2O2/c21-15-3-1-2-4-18(15)25-20(27)13-7-5-12(6-8-13)19(26)24-14-9-10-16(22)17(23)11-14/h1-4,9-13H,5-8H2,(H,24,26)(H,25,27). The normalized spacial score (nSPS) is 19.4. The number of amides is 2. The second kappa shape index (κ2) is 8.48. The Hall–Kier alpha value is -2.47. The Bertz CT molecular complexity index is 852. The number of carbonyl (C=O) groups excluding carboxylic acids is 2. The van der Waals surface area contributed by atoms with E-state index in [1.165, 1.54) is 6.07 Å². The van der Waals surface area contributed by atoms with E-state index in [-0.39, 0.29) is 29.3 Å². The van der Waals surface area contributed by atoms with E-state index in [1.807, 2.05) is 0 Å². The highest BCUT2D eigenvalue weighted by molar-refractivity contribution is 6.33. The molecule has 0 bridgehead atoms. The monoisotopic (exact) mass is 392 g/mol. The van der Waals surface area contributed by atoms with E-state index in [1.54, 1.807) is 24.3 Å². The second-order valence-corrected chi connectivity index (χ2v) is 7.04. The SMILES string of the molecule is O=C(Nc1ccc(F)c(F)c1)C1CCC(C(=O)Nc2ccccc2Cl)CC1. The van der Waals surface area contributed by atoms with Gasteiger partial charge in [0.15, 0.2) is 11.6 Å². The number of benzene rings is 2. The molecule has 0 aromatic heterocycles. The van der Waals surface area contributed by atoms with Gasteiger partial charge in [-0.1, -0.05) is 23.7 Å². The molecule has 1 fully saturated rings. The van der Waals surface area contributed by atoms with Crippen molar-refractivity contribution in [1.29, 1.82) is 0 Å². The molecule has 2 amide bonds. The Morgan fingerprint density at radius 3 is 2.04 bits per heavy atom. The van der Waals surface area contributed by atoms with Crippen LogP contribution in [0, 0.1) is 23.5 Å². The first-order valence-electron chi connectivity index (χ1n) is 8.75. The third-order valence-electron chi connectivity index (χ3n) is 4.79. The summed E-state index contributed by atoms with van der Waals surface area (Å²) in [5, 5.41) is 5.91. The number of hydrogen-bond acceptors (Lipinski definition) is 2. The number of rotatable bonds is 4. The minimum absolute atomic E-state index is 0.109. The molecule has 0 heterocycles. The van der Waals surface area contributed by atoms with Crippen LogP contribution in [-0.2, 0) is 9.59 Å². The van der Waals surface area contributed by atoms with Crippen LogP contribution in [0.1, 0.15) is 25.7 Å². The van der Waals surface area contributed by atoms with Gasteiger partial charge >= 0.3 is 0 Å². The Kier molecular flexibility index (Phi) is 6.06. The predicted molar refractivity (Wildman–Crippen MR) is 101 cm³/mol. The maximum Gasteiger partial charge on any atom is 0.227 e. The molecule has 2 aromatic rings. The van der Waals surface area contributed by atoms with Crippen LogP contribution < -0.4 is 10.6 Å². The predicted octanol–water partition coefficient (Wildman–Crippen LogP) is 5.00. The molecule has 2 N–H and O–H groups in total. The van der Waals surface area contributed by atoms with Crippen molar-refractivity contribution in [1.82, 2.24) is 0 Å². The molecular weight excluding hydrogens is 374 g/mol. The number of anilines is 2. The molecule has 3 rings (SSSR count). The van der Waals surface area contributed by atoms with E-state index < -0.39 is 11.6 Å². The van der Waals surface area contributed by atoms with Crippen LogP contribution >= 0.6 is 11.6 Å². The van der Waals surface area contributed by atoms with Crippen molar-refractivity contribution in [3.05, 3.63) is 59.1 Å². The lowest BCUT2D eigenvalue weighted by Gasteiger charge is -2.27. The molecule has 0 radical (unpaired) electrons. The molecule has 0 spiro atoms. The lowest BCUT2D eigenvalue weighted by molar-refractivity contribution is -0.125. The van der Waals surface area contributed by atoms with Crippen LogP contribution in [-0.4, -0.2) is 11.8 Å². The van der Waals surface area contributed by atoms with Gasteiger partial charge in [-0.3, -0.25) is 9.59 Å². The third kappa shape index (κ3) is 4.83. The van der Waals surface area contributed by atoms with Gasteiger partial charge in [0.1, 0.15) is 0 Å². The topological polar surface area (TPSA) is 58.2 Å². The Balaban J connectivity index is 1.52. The number of hydrogen-bond donors (Lipinski definition) is 2. The summed E-state index contributed by atoms with van der Waals surface area (Å²) in [6, 6.07) is 10.3. The molecule has 0 atom stereocenters. The highest BCUT2D eigenvalue weighted by atomic mass is 35.5. The van der Waals surface area contributed by atoms with Gasteiger partial charge in [0.05, 0.1) is 10.7 Å². The summed E-state index contributed by atoms with van der Waals surface area (Å²) in [5.41, 5.74) is 0.792. The number of halogens is 3. The van der Waals surface area contributed by atoms with Crippen molar-refractivity contribution >= 4 is 34.8 Å². The van der Waals surface area contributed by atoms with Crippen molar-refractivity contribution in [3.63, 3.8) is 0 Å². The van der Waals surface area contributed by atoms with Gasteiger partial charge in [-0.15, -0.1) is 0 Å². The van der Waals surface area contributed by atoms with Crippen LogP contribution in [0.3, 0.4) is 0 Å². The first-order valence-corrected chi connectivity index (χ1v) is 9.13. The molecule has 27 heavy (non-hydrogen) atoms. The van der Waals surface area contributed by atoms with Crippen LogP contribution in [0.5, 0.6) is 0 Å². The number of carbonyl (C=O) groups is 2. The zero-order valence-corrected chi connectivity index (χ0v) is 15.2. The van der Waals surface area contributed by atoms with Gasteiger partial charge in [-0.25, -0.2) is 8.78 Å². The molecular formula is C20H19ClF2N2O2. The summed E-state index contributed by atoms with van der Waals surface area (Å²) >= 11 is 6.05. The van der Waals surface area contributed by atoms with Crippen LogP contribution in [0.25, 0.3) is 0 Å². The Morgan fingerprint density at radius 2 is 1.44 bits per heavy atom. The molecule has 4 nitrogen and oxygen atoms in total. The third-order valence-corrected chi connectivity index (χ3v) is 5.12. The molecule has 0 aliphatic heterocycles. The molecule has 0 unspecified atom stereocenters. The minimum Gasteiger partial charge on any atom is -0.326 e. The maximum absolute atomic E-state index is 13.2. The van der Waals surface area contributed by atoms with E-state index in [9.17, 15) is 18.4 Å². The van der Waals surface area contributed by atoms with Crippen molar-refractivity contribution in [2.45, 2.75) is 25.7 Å². The van der Waals surface area contributed by atoms with Crippen LogP contribution in [0.2, 0.25) is 5.02 Å². The summed E-state index contributed by atoms with van der Waals surface area (Å²) in [4.78, 5) is 24.7. The average molecular weight is 393 g/mol. The molecule has 1 saturated carbocycles. The lowest BCUT2D eigenvalue weighted by Crippen LogP contribution is -2.32. The summed E-state index contributed by atoms with van der Waals surface area (Å²) in [6.45, 7) is 0. The van der Waals surface area contributed by atoms with Crippen molar-refractivity contribution in [3.8, 4) is 0 Å². The minimum atomic E-state index is -1.01. The molecule has 0 saturated heterocycles. The van der Waals surface area contributed by atoms with Crippen LogP contribution in [0.15, 0.2) is 42.5 Å². The highest BCUT2D eigenvalue weighted by Gasteiger charge is 2.30. The number of nitrogens with one attached hydrogen (secondary N) is 2. The van der Waals surface area contributed by atoms with Gasteiger partial charge in [0, 0.05) is 23.6 Å². The smallest absolute Gasteiger partial charge is 0.227 e. The highest BCUT2D eigenvalue weighted by Crippen LogP contribution is 2.31. The Labute approximate surface area is 160 Å². The molecule has 1 aliphatic carbocycles. The largest absolute Gasteiger partial charge is 0.326 e. The van der Waals surface area contributed by atoms with E-state index in [0.717, 1.165) is 12.1 Å². The van der Waals surface area contributed by atoms with Gasteiger partial charge in [0.2, 0.25) is 11.8 Å². The summed E-state index contributed by atoms with van der Waals surface area (Å²) < 4.78 is 26.2. The fourth-order valence-corrected chi connectivity index (χ4v) is 3.42. The zero-order valence-electron chi connectivity index (χ0n) is 14.5. The summed E-state index contributed by atoms with van der Waals surface area (Å²) in [6.07, 6.45) is 2.25. The first-order chi connectivity index (χ1) is 12.9. The van der Waals surface area contributed by atoms with Gasteiger partial charge in [-0.05, 0) is 49.9 Å². The molecule has 7 heteroatoms. The van der Waals surface area contributed by atoms with Crippen molar-refractivity contribution in [2.24, 2.45) is 11.8 Å². The van der Waals surface area contributed by atoms with Gasteiger partial charge in [-0.2, -0.15) is 0 Å². The van der Waals surface area contributed by atoms with Crippen molar-refractivity contribution in [2.75, 3.05) is 10.6 Å². The maximum atomic E-state index is 13.2. The zero-order chi connectivity index (χ0) is 19.4. The summed E-state index contributed by atoms with van der Waals surface area (Å²) in [7, 11) is 0. The number of para-hydroxylation sites is 1. The van der Waals surface area contributed by atoms with Crippen molar-refractivity contribution < 1.29 is 18.4 Å². The average Bonchev–Trinajstić information content (AvgIpc) is 2.66. The fraction of sp³-hybridized carbons (Fsp3) is 0.300. The first kappa shape index (κ1) is 19.3. The quantitative estimate of drug-likeness (QED) is 0.769. The fourth-order valence-electron chi connectivity index (χ4n) is 3.23. The van der Waals surface area contributed by atoms with E-state index >= 15 is 0 Å². The van der Waals surface area contributed by atoms with E-state index in [4.69, 9.17) is 11.6 Å². The van der Waals surface area contributed by atoms with E-state index in [0.29, 0.717) is 36.4 Å². The molecule has 1 aliphatic rings. The second-order valence-electron chi connectivity index (χ2n) is 6.64. The Morgan fingerprint density at radius 1 is 0.852 bits per heavy atom. The van der Waals surface area contributed by atoms with Crippen LogP contribution in [0.4, 0.5) is 20.2 Å². The van der Waals surface area contributed by atoms with Gasteiger partial charge < -0.3 is 10.6 Å². The molecule has 142 valence electrons. The van der Waals surface area contributed by atoms with E-state index in [2.05, 4.69) is 10.6 Å².